The predicted molar refractivity (Wildman–Crippen MR) is 166 cm³/mol. The van der Waals surface area contributed by atoms with Gasteiger partial charge in [-0.2, -0.15) is 0 Å². The number of hydrogen-bond acceptors (Lipinski definition) is 10. The normalized spacial score (nSPS) is 17.6. The Morgan fingerprint density at radius 2 is 1.87 bits per heavy atom. The number of anilines is 1. The molecule has 0 amide bonds. The summed E-state index contributed by atoms with van der Waals surface area (Å²) in [5.41, 5.74) is -0.0702. The number of aromatic carboxylic acids is 1. The molecule has 45 heavy (non-hydrogen) atoms. The van der Waals surface area contributed by atoms with Crippen LogP contribution in [-0.2, 0) is 4.84 Å². The fourth-order valence-corrected chi connectivity index (χ4v) is 6.04. The zero-order chi connectivity index (χ0) is 32.0. The van der Waals surface area contributed by atoms with Gasteiger partial charge in [-0.05, 0) is 44.0 Å². The van der Waals surface area contributed by atoms with Gasteiger partial charge in [0, 0.05) is 55.9 Å². The lowest BCUT2D eigenvalue weighted by molar-refractivity contribution is 0.0694. The van der Waals surface area contributed by atoms with E-state index >= 15 is 4.39 Å². The molecule has 1 saturated carbocycles. The van der Waals surface area contributed by atoms with Crippen molar-refractivity contribution in [3.05, 3.63) is 74.1 Å². The number of nitrogens with zero attached hydrogens (tertiary/aromatic N) is 4. The number of piperazine rings is 1. The summed E-state index contributed by atoms with van der Waals surface area (Å²) < 4.78 is 34.2. The molecule has 1 aliphatic carbocycles. The van der Waals surface area contributed by atoms with Crippen molar-refractivity contribution < 1.29 is 33.0 Å². The Balaban J connectivity index is 1.31. The van der Waals surface area contributed by atoms with Crippen molar-refractivity contribution >= 4 is 39.2 Å². The third-order valence-electron chi connectivity index (χ3n) is 8.46. The van der Waals surface area contributed by atoms with Crippen LogP contribution in [0.4, 0.5) is 10.1 Å². The Kier molecular flexibility index (Phi) is 7.96. The van der Waals surface area contributed by atoms with Crippen molar-refractivity contribution in [3.8, 4) is 11.5 Å². The largest absolute Gasteiger partial charge is 0.497 e. The molecule has 0 spiro atoms. The van der Waals surface area contributed by atoms with Crippen molar-refractivity contribution in [1.82, 2.24) is 9.47 Å². The summed E-state index contributed by atoms with van der Waals surface area (Å²) in [6.07, 6.45) is 2.97. The lowest BCUT2D eigenvalue weighted by atomic mass is 10.1. The maximum absolute atomic E-state index is 15.9. The topological polar surface area (TPSA) is 136 Å². The molecule has 12 nitrogen and oxygen atoms in total. The van der Waals surface area contributed by atoms with Crippen LogP contribution >= 0.6 is 0 Å². The van der Waals surface area contributed by atoms with Gasteiger partial charge in [-0.1, -0.05) is 5.16 Å². The van der Waals surface area contributed by atoms with Crippen LogP contribution in [0.1, 0.15) is 41.7 Å². The van der Waals surface area contributed by atoms with Crippen LogP contribution in [0.25, 0.3) is 21.9 Å². The highest BCUT2D eigenvalue weighted by atomic mass is 19.1. The van der Waals surface area contributed by atoms with Gasteiger partial charge in [0.25, 0.3) is 0 Å². The fourth-order valence-electron chi connectivity index (χ4n) is 6.04. The second kappa shape index (κ2) is 11.9. The van der Waals surface area contributed by atoms with E-state index in [0.717, 1.165) is 18.9 Å². The van der Waals surface area contributed by atoms with Crippen molar-refractivity contribution in [1.29, 1.82) is 0 Å². The van der Waals surface area contributed by atoms with E-state index in [-0.39, 0.29) is 41.0 Å². The Hall–Kier alpha value is -4.91. The van der Waals surface area contributed by atoms with Gasteiger partial charge < -0.3 is 33.3 Å². The van der Waals surface area contributed by atoms with Crippen LogP contribution in [0, 0.1) is 5.82 Å². The van der Waals surface area contributed by atoms with E-state index in [1.807, 2.05) is 11.8 Å². The summed E-state index contributed by atoms with van der Waals surface area (Å²) >= 11 is 0. The summed E-state index contributed by atoms with van der Waals surface area (Å²) in [5, 5.41) is 14.4. The first kappa shape index (κ1) is 30.1. The molecule has 2 aromatic heterocycles. The molecule has 4 aromatic rings. The minimum atomic E-state index is -1.36. The highest BCUT2D eigenvalue weighted by molar-refractivity contribution is 6.03. The van der Waals surface area contributed by atoms with Gasteiger partial charge >= 0.3 is 11.6 Å². The van der Waals surface area contributed by atoms with E-state index in [4.69, 9.17) is 18.7 Å². The monoisotopic (exact) mass is 620 g/mol. The van der Waals surface area contributed by atoms with E-state index in [2.05, 4.69) is 10.1 Å². The Morgan fingerprint density at radius 1 is 1.09 bits per heavy atom. The smallest absolute Gasteiger partial charge is 0.345 e. The number of carbonyl (C=O) groups is 1. The van der Waals surface area contributed by atoms with E-state index < -0.39 is 28.4 Å². The van der Waals surface area contributed by atoms with Gasteiger partial charge in [0.15, 0.2) is 11.6 Å². The molecule has 3 heterocycles. The lowest BCUT2D eigenvalue weighted by Crippen LogP contribution is -2.53. The molecule has 1 N–H and O–H groups in total. The number of aromatic nitrogens is 1. The third-order valence-corrected chi connectivity index (χ3v) is 8.46. The highest BCUT2D eigenvalue weighted by Gasteiger charge is 2.34. The molecule has 236 valence electrons. The third kappa shape index (κ3) is 5.48. The summed E-state index contributed by atoms with van der Waals surface area (Å²) in [6.45, 7) is 3.53. The van der Waals surface area contributed by atoms with Crippen LogP contribution in [0.5, 0.6) is 11.5 Å². The second-order valence-corrected chi connectivity index (χ2v) is 11.3. The van der Waals surface area contributed by atoms with Gasteiger partial charge in [0.2, 0.25) is 5.43 Å². The molecule has 1 aliphatic heterocycles. The van der Waals surface area contributed by atoms with Crippen LogP contribution in [0.2, 0.25) is 0 Å². The molecule has 2 aromatic carbocycles. The molecule has 1 saturated heterocycles. The maximum atomic E-state index is 15.9. The average molecular weight is 621 g/mol. The SMILES string of the molecule is CO/N=C(/CN1CCN(c2c(F)cc3c(=O)c(C(=O)O)cn(C4CC4)c3c2OC)CC1C)c1cc2ccc(OC)cc2oc1=O. The van der Waals surface area contributed by atoms with Gasteiger partial charge in [-0.3, -0.25) is 9.69 Å². The van der Waals surface area contributed by atoms with Gasteiger partial charge in [0.05, 0.1) is 30.7 Å². The van der Waals surface area contributed by atoms with Gasteiger partial charge in [0.1, 0.15) is 35.4 Å². The van der Waals surface area contributed by atoms with Gasteiger partial charge in [-0.15, -0.1) is 0 Å². The van der Waals surface area contributed by atoms with Crippen LogP contribution in [-0.4, -0.2) is 79.8 Å². The molecule has 13 heteroatoms. The molecule has 2 aliphatic rings. The number of oxime groups is 1. The average Bonchev–Trinajstić information content (AvgIpc) is 3.86. The molecule has 0 radical (unpaired) electrons. The lowest BCUT2D eigenvalue weighted by Gasteiger charge is -2.41. The Bertz CT molecular complexity index is 1970. The predicted octanol–water partition coefficient (Wildman–Crippen LogP) is 3.86. The molecule has 2 fully saturated rings. The zero-order valence-electron chi connectivity index (χ0n) is 25.3. The second-order valence-electron chi connectivity index (χ2n) is 11.3. The molecular formula is C32H33FN4O8. The highest BCUT2D eigenvalue weighted by Crippen LogP contribution is 2.44. The van der Waals surface area contributed by atoms with E-state index in [9.17, 15) is 19.5 Å². The Labute approximate surface area is 256 Å². The summed E-state index contributed by atoms with van der Waals surface area (Å²) in [6, 6.07) is 7.92. The first-order chi connectivity index (χ1) is 21.6. The number of ether oxygens (including phenoxy) is 2. The van der Waals surface area contributed by atoms with Crippen LogP contribution in [0.3, 0.4) is 0 Å². The number of benzene rings is 2. The van der Waals surface area contributed by atoms with Crippen molar-refractivity contribution in [2.75, 3.05) is 52.4 Å². The van der Waals surface area contributed by atoms with Crippen LogP contribution < -0.4 is 25.4 Å². The van der Waals surface area contributed by atoms with Crippen molar-refractivity contribution in [2.24, 2.45) is 5.16 Å². The molecule has 0 bridgehead atoms. The van der Waals surface area contributed by atoms with E-state index in [0.29, 0.717) is 47.6 Å². The number of rotatable bonds is 9. The van der Waals surface area contributed by atoms with E-state index in [1.54, 1.807) is 28.8 Å². The Morgan fingerprint density at radius 3 is 2.51 bits per heavy atom. The van der Waals surface area contributed by atoms with E-state index in [1.165, 1.54) is 27.5 Å². The summed E-state index contributed by atoms with van der Waals surface area (Å²) in [5.74, 6) is -1.27. The number of hydrogen-bond donors (Lipinski definition) is 1. The molecule has 1 unspecified atom stereocenters. The number of carboxylic acids is 1. The number of pyridine rings is 1. The standard InChI is InChI=1S/C32H33FN4O8/c1-17-14-36(28-24(33)13-22-27(30(28)43-3)37(19-6-7-19)15-23(29(22)38)31(39)40)10-9-35(17)16-25(34-44-4)21-11-18-5-8-20(42-2)12-26(18)45-32(21)41/h5,8,11-13,15,17,19H,6-7,9-10,14,16H2,1-4H3,(H,39,40)/b34-25-. The minimum absolute atomic E-state index is 0.00227. The first-order valence-electron chi connectivity index (χ1n) is 14.5. The summed E-state index contributed by atoms with van der Waals surface area (Å²) in [4.78, 5) is 47.0. The van der Waals surface area contributed by atoms with Crippen molar-refractivity contribution in [2.45, 2.75) is 31.8 Å². The molecular weight excluding hydrogens is 587 g/mol. The first-order valence-corrected chi connectivity index (χ1v) is 14.5. The van der Waals surface area contributed by atoms with Gasteiger partial charge in [-0.25, -0.2) is 14.0 Å². The summed E-state index contributed by atoms with van der Waals surface area (Å²) in [7, 11) is 4.36. The number of halogens is 1. The number of methoxy groups -OCH3 is 2. The quantitative estimate of drug-likeness (QED) is 0.167. The minimum Gasteiger partial charge on any atom is -0.497 e. The molecule has 6 rings (SSSR count). The maximum Gasteiger partial charge on any atom is 0.345 e. The van der Waals surface area contributed by atoms with Crippen LogP contribution in [0.15, 0.2) is 55.7 Å². The molecule has 1 atom stereocenters. The number of fused-ring (bicyclic) bond motifs is 2. The van der Waals surface area contributed by atoms with Crippen molar-refractivity contribution in [3.63, 3.8) is 0 Å². The zero-order valence-corrected chi connectivity index (χ0v) is 25.3. The number of carboxylic acid groups (broad SMARTS) is 1. The fraction of sp³-hybridized carbons (Fsp3) is 0.375.